The summed E-state index contributed by atoms with van der Waals surface area (Å²) in [7, 11) is 2.25. The molecule has 0 fully saturated rings. The van der Waals surface area contributed by atoms with Crippen molar-refractivity contribution in [1.82, 2.24) is 5.32 Å². The lowest BCUT2D eigenvalue weighted by molar-refractivity contribution is -0.144. The Kier molecular flexibility index (Phi) is 6.98. The third-order valence-electron chi connectivity index (χ3n) is 4.08. The highest BCUT2D eigenvalue weighted by Gasteiger charge is 2.34. The number of ether oxygens (including phenoxy) is 2. The molecule has 6 nitrogen and oxygen atoms in total. The molecule has 0 aliphatic rings. The molecule has 1 atom stereocenters. The third-order valence-corrected chi connectivity index (χ3v) is 4.08. The summed E-state index contributed by atoms with van der Waals surface area (Å²) >= 11 is 0. The SMILES string of the molecule is COC(=O)c1cccc(C(=O)N[C@@H](Cc2ccccc2C(F)(F)F)C(=O)OC)c1. The summed E-state index contributed by atoms with van der Waals surface area (Å²) < 4.78 is 48.8. The lowest BCUT2D eigenvalue weighted by atomic mass is 9.99. The number of esters is 2. The standard InChI is InChI=1S/C20H18F3NO5/c1-28-18(26)14-8-5-7-13(10-14)17(25)24-16(19(27)29-2)11-12-6-3-4-9-15(12)20(21,22)23/h3-10,16H,11H2,1-2H3,(H,24,25)/t16-/m0/s1. The predicted molar refractivity (Wildman–Crippen MR) is 96.2 cm³/mol. The van der Waals surface area contributed by atoms with Gasteiger partial charge in [-0.2, -0.15) is 13.2 Å². The zero-order valence-electron chi connectivity index (χ0n) is 15.6. The maximum atomic E-state index is 13.2. The van der Waals surface area contributed by atoms with Crippen LogP contribution < -0.4 is 5.32 Å². The van der Waals surface area contributed by atoms with E-state index in [0.717, 1.165) is 13.2 Å². The number of hydrogen-bond acceptors (Lipinski definition) is 5. The molecule has 9 heteroatoms. The van der Waals surface area contributed by atoms with Crippen LogP contribution in [0.15, 0.2) is 48.5 Å². The van der Waals surface area contributed by atoms with Crippen LogP contribution in [-0.4, -0.2) is 38.1 Å². The summed E-state index contributed by atoms with van der Waals surface area (Å²) in [5.41, 5.74) is -0.932. The number of nitrogens with one attached hydrogen (secondary N) is 1. The average Bonchev–Trinajstić information content (AvgIpc) is 2.71. The van der Waals surface area contributed by atoms with Gasteiger partial charge in [0.2, 0.25) is 0 Å². The maximum absolute atomic E-state index is 13.2. The molecule has 0 unspecified atom stereocenters. The van der Waals surface area contributed by atoms with Crippen LogP contribution >= 0.6 is 0 Å². The van der Waals surface area contributed by atoms with E-state index in [2.05, 4.69) is 14.8 Å². The van der Waals surface area contributed by atoms with E-state index in [9.17, 15) is 27.6 Å². The maximum Gasteiger partial charge on any atom is 0.416 e. The number of alkyl halides is 3. The number of carbonyl (C=O) groups excluding carboxylic acids is 3. The Morgan fingerprint density at radius 3 is 2.24 bits per heavy atom. The molecule has 29 heavy (non-hydrogen) atoms. The van der Waals surface area contributed by atoms with E-state index in [1.165, 1.54) is 49.6 Å². The van der Waals surface area contributed by atoms with Crippen molar-refractivity contribution in [2.75, 3.05) is 14.2 Å². The van der Waals surface area contributed by atoms with Crippen molar-refractivity contribution >= 4 is 17.8 Å². The van der Waals surface area contributed by atoms with Crippen molar-refractivity contribution in [2.45, 2.75) is 18.6 Å². The van der Waals surface area contributed by atoms with E-state index in [1.807, 2.05) is 0 Å². The highest BCUT2D eigenvalue weighted by molar-refractivity contribution is 5.99. The van der Waals surface area contributed by atoms with Gasteiger partial charge in [0.25, 0.3) is 5.91 Å². The highest BCUT2D eigenvalue weighted by atomic mass is 19.4. The second-order valence-corrected chi connectivity index (χ2v) is 5.98. The lowest BCUT2D eigenvalue weighted by Gasteiger charge is -2.19. The van der Waals surface area contributed by atoms with E-state index in [-0.39, 0.29) is 16.7 Å². The number of methoxy groups -OCH3 is 2. The zero-order chi connectivity index (χ0) is 21.6. The molecule has 0 aliphatic heterocycles. The molecule has 0 saturated carbocycles. The van der Waals surface area contributed by atoms with Gasteiger partial charge in [-0.1, -0.05) is 24.3 Å². The molecule has 0 aromatic heterocycles. The molecule has 2 aromatic carbocycles. The quantitative estimate of drug-likeness (QED) is 0.742. The van der Waals surface area contributed by atoms with Crippen molar-refractivity contribution in [3.63, 3.8) is 0 Å². The Bertz CT molecular complexity index is 911. The minimum absolute atomic E-state index is 0.0332. The van der Waals surface area contributed by atoms with E-state index in [1.54, 1.807) is 0 Å². The molecule has 0 radical (unpaired) electrons. The van der Waals surface area contributed by atoms with Crippen molar-refractivity contribution in [2.24, 2.45) is 0 Å². The van der Waals surface area contributed by atoms with Crippen LogP contribution in [0.4, 0.5) is 13.2 Å². The number of halogens is 3. The summed E-state index contributed by atoms with van der Waals surface area (Å²) in [6, 6.07) is 8.90. The minimum Gasteiger partial charge on any atom is -0.467 e. The fourth-order valence-electron chi connectivity index (χ4n) is 2.68. The largest absolute Gasteiger partial charge is 0.467 e. The Hall–Kier alpha value is -3.36. The zero-order valence-corrected chi connectivity index (χ0v) is 15.6. The Balaban J connectivity index is 2.28. The molecule has 2 rings (SSSR count). The molecule has 2 aromatic rings. The Labute approximate surface area is 164 Å². The molecule has 1 amide bonds. The van der Waals surface area contributed by atoms with Crippen LogP contribution in [0.3, 0.4) is 0 Å². The van der Waals surface area contributed by atoms with E-state index in [0.29, 0.717) is 0 Å². The lowest BCUT2D eigenvalue weighted by Crippen LogP contribution is -2.43. The average molecular weight is 409 g/mol. The van der Waals surface area contributed by atoms with Gasteiger partial charge in [-0.05, 0) is 29.8 Å². The Morgan fingerprint density at radius 2 is 1.62 bits per heavy atom. The van der Waals surface area contributed by atoms with Gasteiger partial charge in [-0.3, -0.25) is 4.79 Å². The van der Waals surface area contributed by atoms with E-state index in [4.69, 9.17) is 0 Å². The number of amides is 1. The summed E-state index contributed by atoms with van der Waals surface area (Å²) in [6.07, 6.45) is -5.04. The van der Waals surface area contributed by atoms with Crippen molar-refractivity contribution < 1.29 is 37.0 Å². The number of carbonyl (C=O) groups is 3. The van der Waals surface area contributed by atoms with E-state index < -0.39 is 42.0 Å². The summed E-state index contributed by atoms with van der Waals surface area (Å²) in [4.78, 5) is 36.2. The molecule has 0 bridgehead atoms. The smallest absolute Gasteiger partial charge is 0.416 e. The molecule has 0 heterocycles. The van der Waals surface area contributed by atoms with Gasteiger partial charge < -0.3 is 14.8 Å². The van der Waals surface area contributed by atoms with Gasteiger partial charge in [0.05, 0.1) is 25.3 Å². The second kappa shape index (κ2) is 9.22. The van der Waals surface area contributed by atoms with Gasteiger partial charge >= 0.3 is 18.1 Å². The van der Waals surface area contributed by atoms with Crippen molar-refractivity contribution in [1.29, 1.82) is 0 Å². The molecule has 154 valence electrons. The van der Waals surface area contributed by atoms with Gasteiger partial charge in [0, 0.05) is 12.0 Å². The van der Waals surface area contributed by atoms with Crippen LogP contribution in [0, 0.1) is 0 Å². The van der Waals surface area contributed by atoms with Crippen LogP contribution in [0.2, 0.25) is 0 Å². The molecular weight excluding hydrogens is 391 g/mol. The normalized spacial score (nSPS) is 12.0. The van der Waals surface area contributed by atoms with Crippen LogP contribution in [0.5, 0.6) is 0 Å². The minimum atomic E-state index is -4.61. The molecule has 0 saturated heterocycles. The molecular formula is C20H18F3NO5. The second-order valence-electron chi connectivity index (χ2n) is 5.98. The summed E-state index contributed by atoms with van der Waals surface area (Å²) in [6.45, 7) is 0. The monoisotopic (exact) mass is 409 g/mol. The van der Waals surface area contributed by atoms with Gasteiger partial charge in [0.15, 0.2) is 0 Å². The molecule has 1 N–H and O–H groups in total. The van der Waals surface area contributed by atoms with Crippen molar-refractivity contribution in [3.8, 4) is 0 Å². The molecule has 0 spiro atoms. The first-order chi connectivity index (χ1) is 13.7. The first-order valence-corrected chi connectivity index (χ1v) is 8.39. The third kappa shape index (κ3) is 5.56. The Morgan fingerprint density at radius 1 is 0.966 bits per heavy atom. The van der Waals surface area contributed by atoms with E-state index >= 15 is 0 Å². The predicted octanol–water partition coefficient (Wildman–Crippen LogP) is 3.01. The number of hydrogen-bond donors (Lipinski definition) is 1. The van der Waals surface area contributed by atoms with Crippen LogP contribution in [0.25, 0.3) is 0 Å². The topological polar surface area (TPSA) is 81.7 Å². The van der Waals surface area contributed by atoms with Gasteiger partial charge in [0.1, 0.15) is 6.04 Å². The van der Waals surface area contributed by atoms with Gasteiger partial charge in [-0.25, -0.2) is 9.59 Å². The first-order valence-electron chi connectivity index (χ1n) is 8.39. The summed E-state index contributed by atoms with van der Waals surface area (Å²) in [5, 5.41) is 2.36. The fraction of sp³-hybridized carbons (Fsp3) is 0.250. The van der Waals surface area contributed by atoms with Gasteiger partial charge in [-0.15, -0.1) is 0 Å². The number of benzene rings is 2. The fourth-order valence-corrected chi connectivity index (χ4v) is 2.68. The van der Waals surface area contributed by atoms with Crippen molar-refractivity contribution in [3.05, 3.63) is 70.8 Å². The highest BCUT2D eigenvalue weighted by Crippen LogP contribution is 2.32. The van der Waals surface area contributed by atoms with Crippen LogP contribution in [-0.2, 0) is 26.9 Å². The van der Waals surface area contributed by atoms with Crippen LogP contribution in [0.1, 0.15) is 31.8 Å². The first kappa shape index (κ1) is 21.9. The number of rotatable bonds is 6. The summed E-state index contributed by atoms with van der Waals surface area (Å²) in [5.74, 6) is -2.32. The molecule has 0 aliphatic carbocycles.